The number of nitrogens with zero attached hydrogens (tertiary/aromatic N) is 4. The Kier molecular flexibility index (Phi) is 5.25. The molecule has 0 unspecified atom stereocenters. The third-order valence-corrected chi connectivity index (χ3v) is 4.30. The number of hydrogen-bond donors (Lipinski definition) is 1. The van der Waals surface area contributed by atoms with E-state index in [-0.39, 0.29) is 17.5 Å². The Morgan fingerprint density at radius 3 is 2.46 bits per heavy atom. The number of piperazine rings is 1. The number of pyridine rings is 1. The van der Waals surface area contributed by atoms with Crippen LogP contribution >= 0.6 is 0 Å². The van der Waals surface area contributed by atoms with Crippen molar-refractivity contribution in [3.63, 3.8) is 0 Å². The molecule has 1 aromatic heterocycles. The van der Waals surface area contributed by atoms with Gasteiger partial charge >= 0.3 is 0 Å². The van der Waals surface area contributed by atoms with E-state index in [0.717, 1.165) is 13.1 Å². The third-order valence-electron chi connectivity index (χ3n) is 4.30. The topological polar surface area (TPSA) is 89.3 Å². The van der Waals surface area contributed by atoms with Crippen LogP contribution in [0.15, 0.2) is 42.6 Å². The van der Waals surface area contributed by atoms with Crippen LogP contribution in [0.3, 0.4) is 0 Å². The van der Waals surface area contributed by atoms with Crippen molar-refractivity contribution in [2.75, 3.05) is 38.5 Å². The highest BCUT2D eigenvalue weighted by Gasteiger charge is 2.22. The molecule has 1 aliphatic heterocycles. The Morgan fingerprint density at radius 2 is 1.81 bits per heavy atom. The molecule has 132 valence electrons. The lowest BCUT2D eigenvalue weighted by molar-refractivity contribution is 0.0658. The highest BCUT2D eigenvalue weighted by Crippen LogP contribution is 2.13. The Labute approximate surface area is 151 Å². The molecular weight excluding hydrogens is 330 g/mol. The number of amides is 2. The first-order valence-corrected chi connectivity index (χ1v) is 8.32. The van der Waals surface area contributed by atoms with Gasteiger partial charge in [0.05, 0.1) is 11.6 Å². The molecule has 2 heterocycles. The van der Waals surface area contributed by atoms with Crippen LogP contribution in [-0.2, 0) is 0 Å². The smallest absolute Gasteiger partial charge is 0.272 e. The highest BCUT2D eigenvalue weighted by molar-refractivity contribution is 6.05. The summed E-state index contributed by atoms with van der Waals surface area (Å²) in [5, 5.41) is 11.6. The SMILES string of the molecule is CN1CCN(C(=O)c2cc(C(=O)Nc3ccc(C#N)cc3)ccn2)CC1. The Hall–Kier alpha value is -3.24. The van der Waals surface area contributed by atoms with Crippen LogP contribution in [0.25, 0.3) is 0 Å². The van der Waals surface area contributed by atoms with Gasteiger partial charge in [0.1, 0.15) is 5.69 Å². The number of benzene rings is 1. The summed E-state index contributed by atoms with van der Waals surface area (Å²) < 4.78 is 0. The second-order valence-electron chi connectivity index (χ2n) is 6.17. The highest BCUT2D eigenvalue weighted by atomic mass is 16.2. The van der Waals surface area contributed by atoms with E-state index in [4.69, 9.17) is 5.26 Å². The number of nitriles is 1. The van der Waals surface area contributed by atoms with Gasteiger partial charge in [0.2, 0.25) is 0 Å². The van der Waals surface area contributed by atoms with Crippen LogP contribution in [0, 0.1) is 11.3 Å². The van der Waals surface area contributed by atoms with E-state index in [0.29, 0.717) is 29.9 Å². The largest absolute Gasteiger partial charge is 0.335 e. The molecule has 2 aromatic rings. The predicted octanol–water partition coefficient (Wildman–Crippen LogP) is 1.59. The molecule has 1 N–H and O–H groups in total. The van der Waals surface area contributed by atoms with E-state index < -0.39 is 0 Å². The summed E-state index contributed by atoms with van der Waals surface area (Å²) >= 11 is 0. The summed E-state index contributed by atoms with van der Waals surface area (Å²) in [7, 11) is 2.02. The van der Waals surface area contributed by atoms with E-state index in [9.17, 15) is 9.59 Å². The lowest BCUT2D eigenvalue weighted by Crippen LogP contribution is -2.47. The van der Waals surface area contributed by atoms with E-state index in [1.807, 2.05) is 13.1 Å². The quantitative estimate of drug-likeness (QED) is 0.909. The number of anilines is 1. The van der Waals surface area contributed by atoms with Gasteiger partial charge in [-0.2, -0.15) is 5.26 Å². The molecule has 26 heavy (non-hydrogen) atoms. The third kappa shape index (κ3) is 4.05. The summed E-state index contributed by atoms with van der Waals surface area (Å²) in [5.41, 5.74) is 1.73. The maximum Gasteiger partial charge on any atom is 0.272 e. The molecule has 0 radical (unpaired) electrons. The second-order valence-corrected chi connectivity index (χ2v) is 6.17. The molecular formula is C19H19N5O2. The average molecular weight is 349 g/mol. The van der Waals surface area contributed by atoms with Crippen molar-refractivity contribution in [1.29, 1.82) is 5.26 Å². The van der Waals surface area contributed by atoms with Crippen LogP contribution in [0.4, 0.5) is 5.69 Å². The van der Waals surface area contributed by atoms with Gasteiger partial charge in [-0.15, -0.1) is 0 Å². The molecule has 7 heteroatoms. The molecule has 0 spiro atoms. The fourth-order valence-electron chi connectivity index (χ4n) is 2.69. The standard InChI is InChI=1S/C19H19N5O2/c1-23-8-10-24(11-9-23)19(26)17-12-15(6-7-21-17)18(25)22-16-4-2-14(13-20)3-5-16/h2-7,12H,8-11H2,1H3,(H,22,25). The molecule has 3 rings (SSSR count). The molecule has 0 atom stereocenters. The molecule has 0 saturated carbocycles. The molecule has 1 saturated heterocycles. The minimum absolute atomic E-state index is 0.161. The van der Waals surface area contributed by atoms with E-state index in [2.05, 4.69) is 15.2 Å². The summed E-state index contributed by atoms with van der Waals surface area (Å²) in [6.07, 6.45) is 1.47. The Bertz CT molecular complexity index is 849. The van der Waals surface area contributed by atoms with Crippen molar-refractivity contribution in [1.82, 2.24) is 14.8 Å². The lowest BCUT2D eigenvalue weighted by Gasteiger charge is -2.32. The van der Waals surface area contributed by atoms with Gasteiger partial charge in [-0.1, -0.05) is 0 Å². The normalized spacial score (nSPS) is 14.5. The molecule has 2 amide bonds. The van der Waals surface area contributed by atoms with Crippen LogP contribution in [0.2, 0.25) is 0 Å². The zero-order valence-corrected chi connectivity index (χ0v) is 14.5. The summed E-state index contributed by atoms with van der Waals surface area (Å²) in [6, 6.07) is 11.7. The molecule has 1 aromatic carbocycles. The van der Waals surface area contributed by atoms with Crippen molar-refractivity contribution in [2.45, 2.75) is 0 Å². The first-order valence-electron chi connectivity index (χ1n) is 8.32. The summed E-state index contributed by atoms with van der Waals surface area (Å²) in [5.74, 6) is -0.490. The van der Waals surface area contributed by atoms with Gasteiger partial charge in [0.15, 0.2) is 0 Å². The fraction of sp³-hybridized carbons (Fsp3) is 0.263. The predicted molar refractivity (Wildman–Crippen MR) is 96.7 cm³/mol. The second kappa shape index (κ2) is 7.76. The number of nitrogens with one attached hydrogen (secondary N) is 1. The van der Waals surface area contributed by atoms with Crippen LogP contribution in [0.5, 0.6) is 0 Å². The summed E-state index contributed by atoms with van der Waals surface area (Å²) in [4.78, 5) is 33.1. The van der Waals surface area contributed by atoms with E-state index >= 15 is 0 Å². The Balaban J connectivity index is 1.70. The van der Waals surface area contributed by atoms with Gasteiger partial charge in [-0.05, 0) is 43.4 Å². The number of carbonyl (C=O) groups excluding carboxylic acids is 2. The molecule has 7 nitrogen and oxygen atoms in total. The molecule has 0 aliphatic carbocycles. The van der Waals surface area contributed by atoms with Crippen LogP contribution in [0.1, 0.15) is 26.4 Å². The minimum atomic E-state index is -0.329. The summed E-state index contributed by atoms with van der Waals surface area (Å²) in [6.45, 7) is 2.95. The van der Waals surface area contributed by atoms with Crippen molar-refractivity contribution >= 4 is 17.5 Å². The lowest BCUT2D eigenvalue weighted by atomic mass is 10.1. The van der Waals surface area contributed by atoms with Gasteiger partial charge < -0.3 is 15.1 Å². The number of hydrogen-bond acceptors (Lipinski definition) is 5. The maximum absolute atomic E-state index is 12.6. The fourth-order valence-corrected chi connectivity index (χ4v) is 2.69. The van der Waals surface area contributed by atoms with Gasteiger partial charge in [0, 0.05) is 43.6 Å². The zero-order chi connectivity index (χ0) is 18.5. The Morgan fingerprint density at radius 1 is 1.12 bits per heavy atom. The number of likely N-dealkylation sites (N-methyl/N-ethyl adjacent to an activating group) is 1. The first-order chi connectivity index (χ1) is 12.6. The molecule has 1 aliphatic rings. The van der Waals surface area contributed by atoms with Gasteiger partial charge in [0.25, 0.3) is 11.8 Å². The van der Waals surface area contributed by atoms with E-state index in [1.54, 1.807) is 35.2 Å². The van der Waals surface area contributed by atoms with Crippen molar-refractivity contribution in [2.24, 2.45) is 0 Å². The number of rotatable bonds is 3. The van der Waals surface area contributed by atoms with E-state index in [1.165, 1.54) is 12.3 Å². The molecule has 1 fully saturated rings. The van der Waals surface area contributed by atoms with Crippen molar-refractivity contribution in [3.05, 3.63) is 59.4 Å². The average Bonchev–Trinajstić information content (AvgIpc) is 2.68. The monoisotopic (exact) mass is 349 g/mol. The molecule has 0 bridgehead atoms. The maximum atomic E-state index is 12.6. The van der Waals surface area contributed by atoms with Crippen molar-refractivity contribution < 1.29 is 9.59 Å². The van der Waals surface area contributed by atoms with Gasteiger partial charge in [-0.3, -0.25) is 14.6 Å². The van der Waals surface area contributed by atoms with Crippen molar-refractivity contribution in [3.8, 4) is 6.07 Å². The first kappa shape index (κ1) is 17.6. The van der Waals surface area contributed by atoms with Crippen LogP contribution in [-0.4, -0.2) is 59.8 Å². The number of aromatic nitrogens is 1. The van der Waals surface area contributed by atoms with Gasteiger partial charge in [-0.25, -0.2) is 0 Å². The van der Waals surface area contributed by atoms with Crippen LogP contribution < -0.4 is 5.32 Å². The zero-order valence-electron chi connectivity index (χ0n) is 14.5. The number of carbonyl (C=O) groups is 2. The minimum Gasteiger partial charge on any atom is -0.335 e.